The number of carboxylic acid groups (broad SMARTS) is 1. The Morgan fingerprint density at radius 2 is 1.96 bits per heavy atom. The van der Waals surface area contributed by atoms with Gasteiger partial charge in [-0.25, -0.2) is 0 Å². The molecule has 2 aromatic rings. The molecule has 2 amide bonds. The molecule has 0 fully saturated rings. The normalized spacial score (nSPS) is 10.6. The van der Waals surface area contributed by atoms with Crippen molar-refractivity contribution in [2.75, 3.05) is 10.6 Å². The molecular weight excluding hydrogens is 348 g/mol. The molecule has 2 rings (SSSR count). The van der Waals surface area contributed by atoms with Crippen LogP contribution in [0.15, 0.2) is 30.5 Å². The van der Waals surface area contributed by atoms with Crippen molar-refractivity contribution in [1.29, 1.82) is 0 Å². The lowest BCUT2D eigenvalue weighted by Gasteiger charge is -2.10. The van der Waals surface area contributed by atoms with Crippen molar-refractivity contribution < 1.29 is 19.5 Å². The van der Waals surface area contributed by atoms with Crippen LogP contribution in [-0.4, -0.2) is 32.7 Å². The summed E-state index contributed by atoms with van der Waals surface area (Å²) >= 11 is 6.05. The average molecular weight is 365 g/mol. The molecule has 8 nitrogen and oxygen atoms in total. The van der Waals surface area contributed by atoms with Crippen molar-refractivity contribution in [1.82, 2.24) is 9.78 Å². The van der Waals surface area contributed by atoms with Gasteiger partial charge in [0.25, 0.3) is 5.91 Å². The topological polar surface area (TPSA) is 113 Å². The predicted octanol–water partition coefficient (Wildman–Crippen LogP) is 2.47. The van der Waals surface area contributed by atoms with Crippen LogP contribution in [0.5, 0.6) is 0 Å². The average Bonchev–Trinajstić information content (AvgIpc) is 2.95. The van der Waals surface area contributed by atoms with E-state index in [-0.39, 0.29) is 34.8 Å². The highest BCUT2D eigenvalue weighted by Crippen LogP contribution is 2.22. The van der Waals surface area contributed by atoms with Gasteiger partial charge in [0.1, 0.15) is 6.54 Å². The summed E-state index contributed by atoms with van der Waals surface area (Å²) in [6.07, 6.45) is 1.44. The third kappa shape index (κ3) is 5.05. The molecule has 0 saturated carbocycles. The zero-order chi connectivity index (χ0) is 18.6. The van der Waals surface area contributed by atoms with Crippen LogP contribution in [-0.2, 0) is 16.1 Å². The number of nitrogens with one attached hydrogen (secondary N) is 2. The van der Waals surface area contributed by atoms with Gasteiger partial charge in [-0.1, -0.05) is 25.4 Å². The second kappa shape index (κ2) is 7.80. The fourth-order valence-electron chi connectivity index (χ4n) is 1.90. The molecule has 3 N–H and O–H groups in total. The van der Waals surface area contributed by atoms with E-state index in [1.165, 1.54) is 29.1 Å². The Balaban J connectivity index is 2.14. The van der Waals surface area contributed by atoms with E-state index in [9.17, 15) is 14.4 Å². The summed E-state index contributed by atoms with van der Waals surface area (Å²) in [6.45, 7) is 3.20. The first kappa shape index (κ1) is 18.5. The molecule has 132 valence electrons. The molecule has 0 spiro atoms. The van der Waals surface area contributed by atoms with Crippen molar-refractivity contribution in [3.8, 4) is 0 Å². The number of nitrogens with zero attached hydrogens (tertiary/aromatic N) is 2. The zero-order valence-corrected chi connectivity index (χ0v) is 14.4. The van der Waals surface area contributed by atoms with Gasteiger partial charge >= 0.3 is 5.97 Å². The van der Waals surface area contributed by atoms with E-state index in [0.717, 1.165) is 0 Å². The summed E-state index contributed by atoms with van der Waals surface area (Å²) in [5.41, 5.74) is 0.612. The number of hydrogen-bond donors (Lipinski definition) is 3. The summed E-state index contributed by atoms with van der Waals surface area (Å²) in [7, 11) is 0. The van der Waals surface area contributed by atoms with Gasteiger partial charge in [-0.15, -0.1) is 0 Å². The maximum atomic E-state index is 12.4. The maximum Gasteiger partial charge on any atom is 0.325 e. The fourth-order valence-corrected chi connectivity index (χ4v) is 2.11. The molecule has 0 radical (unpaired) electrons. The lowest BCUT2D eigenvalue weighted by Crippen LogP contribution is -2.19. The van der Waals surface area contributed by atoms with E-state index in [0.29, 0.717) is 5.69 Å². The van der Waals surface area contributed by atoms with Crippen LogP contribution in [0.4, 0.5) is 11.5 Å². The van der Waals surface area contributed by atoms with Gasteiger partial charge in [-0.05, 0) is 18.2 Å². The third-order valence-corrected chi connectivity index (χ3v) is 3.51. The molecule has 0 aliphatic heterocycles. The molecule has 1 aromatic heterocycles. The van der Waals surface area contributed by atoms with Crippen LogP contribution in [0.1, 0.15) is 24.2 Å². The molecule has 0 bridgehead atoms. The number of amides is 2. The molecular formula is C16H17ClN4O4. The number of anilines is 2. The van der Waals surface area contributed by atoms with Gasteiger partial charge in [0.2, 0.25) is 5.91 Å². The summed E-state index contributed by atoms with van der Waals surface area (Å²) in [4.78, 5) is 34.8. The van der Waals surface area contributed by atoms with Gasteiger partial charge in [0, 0.05) is 23.9 Å². The quantitative estimate of drug-likeness (QED) is 0.728. The predicted molar refractivity (Wildman–Crippen MR) is 92.7 cm³/mol. The third-order valence-electron chi connectivity index (χ3n) is 3.18. The lowest BCUT2D eigenvalue weighted by atomic mass is 10.1. The van der Waals surface area contributed by atoms with Crippen LogP contribution >= 0.6 is 11.6 Å². The minimum absolute atomic E-state index is 0.163. The lowest BCUT2D eigenvalue weighted by molar-refractivity contribution is -0.137. The molecule has 9 heteroatoms. The first-order valence-electron chi connectivity index (χ1n) is 7.43. The highest BCUT2D eigenvalue weighted by atomic mass is 35.5. The highest BCUT2D eigenvalue weighted by molar-refractivity contribution is 6.34. The van der Waals surface area contributed by atoms with Crippen molar-refractivity contribution in [3.63, 3.8) is 0 Å². The van der Waals surface area contributed by atoms with Gasteiger partial charge in [0.15, 0.2) is 5.82 Å². The Morgan fingerprint density at radius 1 is 1.24 bits per heavy atom. The van der Waals surface area contributed by atoms with E-state index in [1.54, 1.807) is 19.9 Å². The number of halogens is 1. The van der Waals surface area contributed by atoms with Crippen LogP contribution in [0.25, 0.3) is 0 Å². The smallest absolute Gasteiger partial charge is 0.325 e. The number of benzene rings is 1. The van der Waals surface area contributed by atoms with E-state index in [4.69, 9.17) is 16.7 Å². The summed E-state index contributed by atoms with van der Waals surface area (Å²) in [6, 6.07) is 6.04. The van der Waals surface area contributed by atoms with E-state index < -0.39 is 11.9 Å². The summed E-state index contributed by atoms with van der Waals surface area (Å²) in [5.74, 6) is -1.75. The number of rotatable bonds is 6. The zero-order valence-electron chi connectivity index (χ0n) is 13.6. The highest BCUT2D eigenvalue weighted by Gasteiger charge is 2.15. The molecule has 0 aliphatic rings. The van der Waals surface area contributed by atoms with Crippen molar-refractivity contribution in [2.45, 2.75) is 20.4 Å². The number of carbonyl (C=O) groups is 3. The van der Waals surface area contributed by atoms with Gasteiger partial charge < -0.3 is 15.7 Å². The monoisotopic (exact) mass is 364 g/mol. The Labute approximate surface area is 148 Å². The number of carboxylic acids is 1. The standard InChI is InChI=1S/C16H17ClN4O4/c1-9(2)15(24)18-10-3-4-12(17)11(7-10)16(25)19-13-5-6-21(20-13)8-14(22)23/h3-7,9H,8H2,1-2H3,(H,18,24)(H,22,23)(H,19,20,25). The Hall–Kier alpha value is -2.87. The summed E-state index contributed by atoms with van der Waals surface area (Å²) in [5, 5.41) is 18.1. The van der Waals surface area contributed by atoms with Gasteiger partial charge in [-0.3, -0.25) is 19.1 Å². The van der Waals surface area contributed by atoms with Crippen molar-refractivity contribution >= 4 is 40.9 Å². The second-order valence-corrected chi connectivity index (χ2v) is 5.99. The Morgan fingerprint density at radius 3 is 2.60 bits per heavy atom. The van der Waals surface area contributed by atoms with Crippen LogP contribution < -0.4 is 10.6 Å². The van der Waals surface area contributed by atoms with E-state index in [2.05, 4.69) is 15.7 Å². The number of aromatic nitrogens is 2. The largest absolute Gasteiger partial charge is 0.480 e. The molecule has 1 aromatic carbocycles. The fraction of sp³-hybridized carbons (Fsp3) is 0.250. The van der Waals surface area contributed by atoms with Crippen LogP contribution in [0.2, 0.25) is 5.02 Å². The first-order chi connectivity index (χ1) is 11.8. The van der Waals surface area contributed by atoms with E-state index in [1.807, 2.05) is 0 Å². The minimum atomic E-state index is -1.04. The molecule has 0 atom stereocenters. The Kier molecular flexibility index (Phi) is 5.76. The molecule has 0 saturated heterocycles. The van der Waals surface area contributed by atoms with Gasteiger partial charge in [0.05, 0.1) is 10.6 Å². The summed E-state index contributed by atoms with van der Waals surface area (Å²) < 4.78 is 1.18. The number of aliphatic carboxylic acids is 1. The van der Waals surface area contributed by atoms with Crippen LogP contribution in [0, 0.1) is 5.92 Å². The second-order valence-electron chi connectivity index (χ2n) is 5.58. The van der Waals surface area contributed by atoms with Crippen LogP contribution in [0.3, 0.4) is 0 Å². The van der Waals surface area contributed by atoms with Gasteiger partial charge in [-0.2, -0.15) is 5.10 Å². The number of carbonyl (C=O) groups excluding carboxylic acids is 2. The number of hydrogen-bond acceptors (Lipinski definition) is 4. The molecule has 25 heavy (non-hydrogen) atoms. The Bertz CT molecular complexity index is 816. The van der Waals surface area contributed by atoms with E-state index >= 15 is 0 Å². The first-order valence-corrected chi connectivity index (χ1v) is 7.81. The van der Waals surface area contributed by atoms with Crippen molar-refractivity contribution in [2.24, 2.45) is 5.92 Å². The molecule has 0 unspecified atom stereocenters. The van der Waals surface area contributed by atoms with Crippen molar-refractivity contribution in [3.05, 3.63) is 41.0 Å². The minimum Gasteiger partial charge on any atom is -0.480 e. The molecule has 0 aliphatic carbocycles. The SMILES string of the molecule is CC(C)C(=O)Nc1ccc(Cl)c(C(=O)Nc2ccn(CC(=O)O)n2)c1. The maximum absolute atomic E-state index is 12.4. The molecule has 1 heterocycles.